The van der Waals surface area contributed by atoms with Crippen LogP contribution in [0.1, 0.15) is 63.5 Å². The number of hydrogen-bond acceptors (Lipinski definition) is 6. The van der Waals surface area contributed by atoms with E-state index in [2.05, 4.69) is 12.1 Å². The van der Waals surface area contributed by atoms with Gasteiger partial charge < -0.3 is 9.47 Å². The standard InChI is InChI=1S/C26H31NO5S/c1-15(2)32-23(28)14-27-24(29)22(33-25(27)30)10-19-9-20(4-5-21(19)31-3)26-11-16-6-17(12-26)8-18(7-16)13-26/h4-5,9-10,15-18H,6-8,11-14H2,1-3H3/b22-10-. The molecule has 7 heteroatoms. The first-order chi connectivity index (χ1) is 15.8. The molecule has 176 valence electrons. The Morgan fingerprint density at radius 1 is 1.15 bits per heavy atom. The lowest BCUT2D eigenvalue weighted by atomic mass is 9.48. The largest absolute Gasteiger partial charge is 0.496 e. The third kappa shape index (κ3) is 4.20. The Labute approximate surface area is 199 Å². The quantitative estimate of drug-likeness (QED) is 0.424. The van der Waals surface area contributed by atoms with Crippen LogP contribution >= 0.6 is 11.8 Å². The lowest BCUT2D eigenvalue weighted by Gasteiger charge is -2.57. The summed E-state index contributed by atoms with van der Waals surface area (Å²) in [5.41, 5.74) is 2.36. The van der Waals surface area contributed by atoms with Gasteiger partial charge in [0, 0.05) is 5.56 Å². The van der Waals surface area contributed by atoms with Gasteiger partial charge in [-0.15, -0.1) is 0 Å². The summed E-state index contributed by atoms with van der Waals surface area (Å²) in [6.45, 7) is 3.09. The SMILES string of the molecule is COc1ccc(C23CC4CC(CC(C4)C2)C3)cc1/C=C1\SC(=O)N(CC(=O)OC(C)C)C1=O. The molecule has 4 bridgehead atoms. The van der Waals surface area contributed by atoms with E-state index in [0.717, 1.165) is 40.0 Å². The second-order valence-corrected chi connectivity index (χ2v) is 11.5. The second-order valence-electron chi connectivity index (χ2n) is 10.5. The van der Waals surface area contributed by atoms with E-state index in [4.69, 9.17) is 9.47 Å². The van der Waals surface area contributed by atoms with Gasteiger partial charge in [0.1, 0.15) is 12.3 Å². The Morgan fingerprint density at radius 3 is 2.36 bits per heavy atom. The van der Waals surface area contributed by atoms with Gasteiger partial charge in [-0.2, -0.15) is 0 Å². The Hall–Kier alpha value is -2.28. The van der Waals surface area contributed by atoms with Gasteiger partial charge in [0.2, 0.25) is 0 Å². The molecule has 6 nitrogen and oxygen atoms in total. The minimum atomic E-state index is -0.588. The number of carbonyl (C=O) groups excluding carboxylic acids is 3. The molecule has 1 aromatic rings. The Bertz CT molecular complexity index is 994. The lowest BCUT2D eigenvalue weighted by Crippen LogP contribution is -2.48. The van der Waals surface area contributed by atoms with Crippen molar-refractivity contribution in [3.63, 3.8) is 0 Å². The fourth-order valence-corrected chi connectivity index (χ4v) is 7.68. The van der Waals surface area contributed by atoms with Crippen molar-refractivity contribution in [2.75, 3.05) is 13.7 Å². The van der Waals surface area contributed by atoms with E-state index in [0.29, 0.717) is 10.7 Å². The van der Waals surface area contributed by atoms with Crippen LogP contribution in [0.4, 0.5) is 4.79 Å². The zero-order valence-corrected chi connectivity index (χ0v) is 20.3. The molecule has 1 aliphatic heterocycles. The van der Waals surface area contributed by atoms with Crippen LogP contribution in [0.15, 0.2) is 23.1 Å². The number of benzene rings is 1. The molecule has 4 aliphatic carbocycles. The van der Waals surface area contributed by atoms with E-state index in [1.165, 1.54) is 44.1 Å². The van der Waals surface area contributed by atoms with Gasteiger partial charge in [-0.1, -0.05) is 6.07 Å². The summed E-state index contributed by atoms with van der Waals surface area (Å²) in [6.07, 6.45) is 9.33. The zero-order chi connectivity index (χ0) is 23.3. The van der Waals surface area contributed by atoms with E-state index in [-0.39, 0.29) is 18.1 Å². The molecule has 0 atom stereocenters. The molecule has 5 aliphatic rings. The van der Waals surface area contributed by atoms with Crippen molar-refractivity contribution in [2.24, 2.45) is 17.8 Å². The third-order valence-corrected chi connectivity index (χ3v) is 8.60. The average Bonchev–Trinajstić information content (AvgIpc) is 2.99. The Balaban J connectivity index is 1.42. The summed E-state index contributed by atoms with van der Waals surface area (Å²) in [4.78, 5) is 38.6. The van der Waals surface area contributed by atoms with Gasteiger partial charge in [-0.05, 0) is 111 Å². The normalized spacial score (nSPS) is 31.7. The van der Waals surface area contributed by atoms with Crippen LogP contribution in [0, 0.1) is 17.8 Å². The first-order valence-corrected chi connectivity index (χ1v) is 12.7. The van der Waals surface area contributed by atoms with Gasteiger partial charge in [0.05, 0.1) is 18.1 Å². The van der Waals surface area contributed by atoms with Crippen LogP contribution in [0.25, 0.3) is 6.08 Å². The minimum absolute atomic E-state index is 0.226. The third-order valence-electron chi connectivity index (χ3n) is 7.69. The molecule has 4 saturated carbocycles. The molecule has 5 fully saturated rings. The molecule has 1 aromatic carbocycles. The van der Waals surface area contributed by atoms with E-state index in [9.17, 15) is 14.4 Å². The van der Waals surface area contributed by atoms with Crippen molar-refractivity contribution >= 4 is 35.0 Å². The highest BCUT2D eigenvalue weighted by Crippen LogP contribution is 2.61. The van der Waals surface area contributed by atoms with Crippen LogP contribution in [-0.2, 0) is 19.7 Å². The number of imide groups is 1. The molecule has 0 radical (unpaired) electrons. The van der Waals surface area contributed by atoms with E-state index in [1.54, 1.807) is 27.0 Å². The number of rotatable bonds is 6. The molecule has 1 heterocycles. The van der Waals surface area contributed by atoms with Crippen molar-refractivity contribution in [2.45, 2.75) is 63.9 Å². The van der Waals surface area contributed by atoms with Crippen LogP contribution in [0.2, 0.25) is 0 Å². The zero-order valence-electron chi connectivity index (χ0n) is 19.5. The van der Waals surface area contributed by atoms with Crippen molar-refractivity contribution in [3.05, 3.63) is 34.2 Å². The number of carbonyl (C=O) groups is 3. The maximum atomic E-state index is 12.9. The molecule has 0 aromatic heterocycles. The highest BCUT2D eigenvalue weighted by Gasteiger charge is 2.51. The molecule has 1 saturated heterocycles. The maximum Gasteiger partial charge on any atom is 0.326 e. The summed E-state index contributed by atoms with van der Waals surface area (Å²) in [6, 6.07) is 6.34. The van der Waals surface area contributed by atoms with Crippen molar-refractivity contribution < 1.29 is 23.9 Å². The van der Waals surface area contributed by atoms with Gasteiger partial charge in [0.15, 0.2) is 0 Å². The van der Waals surface area contributed by atoms with Crippen molar-refractivity contribution in [1.82, 2.24) is 4.90 Å². The summed E-state index contributed by atoms with van der Waals surface area (Å²) >= 11 is 0.857. The van der Waals surface area contributed by atoms with Crippen molar-refractivity contribution in [3.8, 4) is 5.75 Å². The van der Waals surface area contributed by atoms with Crippen molar-refractivity contribution in [1.29, 1.82) is 0 Å². The number of nitrogens with zero attached hydrogens (tertiary/aromatic N) is 1. The highest BCUT2D eigenvalue weighted by molar-refractivity contribution is 8.18. The summed E-state index contributed by atoms with van der Waals surface area (Å²) < 4.78 is 10.7. The molecule has 6 rings (SSSR count). The van der Waals surface area contributed by atoms with Crippen LogP contribution in [0.5, 0.6) is 5.75 Å². The fourth-order valence-electron chi connectivity index (χ4n) is 6.85. The monoisotopic (exact) mass is 469 g/mol. The summed E-state index contributed by atoms with van der Waals surface area (Å²) in [7, 11) is 1.62. The Morgan fingerprint density at radius 2 is 1.79 bits per heavy atom. The molecule has 33 heavy (non-hydrogen) atoms. The number of ether oxygens (including phenoxy) is 2. The smallest absolute Gasteiger partial charge is 0.326 e. The van der Waals surface area contributed by atoms with Crippen LogP contribution in [-0.4, -0.2) is 41.8 Å². The predicted octanol–water partition coefficient (Wildman–Crippen LogP) is 5.15. The molecule has 0 spiro atoms. The summed E-state index contributed by atoms with van der Waals surface area (Å²) in [5, 5.41) is -0.455. The second kappa shape index (κ2) is 8.49. The predicted molar refractivity (Wildman–Crippen MR) is 127 cm³/mol. The Kier molecular flexibility index (Phi) is 5.79. The average molecular weight is 470 g/mol. The molecule has 2 amide bonds. The fraction of sp³-hybridized carbons (Fsp3) is 0.577. The molecular formula is C26H31NO5S. The number of thioether (sulfide) groups is 1. The van der Waals surface area contributed by atoms with Gasteiger partial charge in [-0.25, -0.2) is 0 Å². The first kappa shape index (κ1) is 22.5. The minimum Gasteiger partial charge on any atom is -0.496 e. The number of methoxy groups -OCH3 is 1. The molecule has 0 unspecified atom stereocenters. The lowest BCUT2D eigenvalue weighted by molar-refractivity contribution is -0.149. The topological polar surface area (TPSA) is 72.9 Å². The molecular weight excluding hydrogens is 438 g/mol. The number of hydrogen-bond donors (Lipinski definition) is 0. The van der Waals surface area contributed by atoms with Crippen LogP contribution < -0.4 is 4.74 Å². The van der Waals surface area contributed by atoms with Gasteiger partial charge >= 0.3 is 5.97 Å². The number of esters is 1. The first-order valence-electron chi connectivity index (χ1n) is 11.9. The molecule has 0 N–H and O–H groups in total. The van der Waals surface area contributed by atoms with E-state index >= 15 is 0 Å². The maximum absolute atomic E-state index is 12.9. The van der Waals surface area contributed by atoms with Crippen LogP contribution in [0.3, 0.4) is 0 Å². The van der Waals surface area contributed by atoms with Gasteiger partial charge in [-0.3, -0.25) is 19.3 Å². The summed E-state index contributed by atoms with van der Waals surface area (Å²) in [5.74, 6) is 2.13. The van der Waals surface area contributed by atoms with E-state index < -0.39 is 17.1 Å². The van der Waals surface area contributed by atoms with Gasteiger partial charge in [0.25, 0.3) is 11.1 Å². The highest BCUT2D eigenvalue weighted by atomic mass is 32.2. The number of amides is 2. The van der Waals surface area contributed by atoms with E-state index in [1.807, 2.05) is 6.07 Å².